The lowest BCUT2D eigenvalue weighted by Gasteiger charge is -2.24. The molecule has 0 spiro atoms. The molecule has 0 saturated carbocycles. The second-order valence-electron chi connectivity index (χ2n) is 10.0. The van der Waals surface area contributed by atoms with Crippen LogP contribution in [0.4, 0.5) is 0 Å². The second kappa shape index (κ2) is 13.3. The van der Waals surface area contributed by atoms with Crippen LogP contribution in [0.3, 0.4) is 0 Å². The van der Waals surface area contributed by atoms with Gasteiger partial charge in [0.2, 0.25) is 6.10 Å². The molecule has 2 atom stereocenters. The maximum absolute atomic E-state index is 12.8. The predicted molar refractivity (Wildman–Crippen MR) is 138 cm³/mol. The van der Waals surface area contributed by atoms with Crippen molar-refractivity contribution in [1.29, 1.82) is 0 Å². The van der Waals surface area contributed by atoms with Gasteiger partial charge in [-0.25, -0.2) is 4.79 Å². The molecule has 0 aromatic heterocycles. The Morgan fingerprint density at radius 3 is 2.12 bits per heavy atom. The first-order valence-corrected chi connectivity index (χ1v) is 15.6. The van der Waals surface area contributed by atoms with Gasteiger partial charge < -0.3 is 19.5 Å². The van der Waals surface area contributed by atoms with Gasteiger partial charge in [-0.3, -0.25) is 4.79 Å². The fourth-order valence-corrected chi connectivity index (χ4v) is 3.92. The molecule has 7 heteroatoms. The molecule has 2 rings (SSSR count). The highest BCUT2D eigenvalue weighted by Crippen LogP contribution is 2.17. The molecule has 0 aliphatic heterocycles. The van der Waals surface area contributed by atoms with Gasteiger partial charge in [0, 0.05) is 14.0 Å². The lowest BCUT2D eigenvalue weighted by Crippen LogP contribution is -2.43. The van der Waals surface area contributed by atoms with E-state index in [1.165, 1.54) is 0 Å². The summed E-state index contributed by atoms with van der Waals surface area (Å²) in [5, 5.41) is 3.01. The van der Waals surface area contributed by atoms with Gasteiger partial charge in [0.1, 0.15) is 18.4 Å². The van der Waals surface area contributed by atoms with Gasteiger partial charge in [0.05, 0.1) is 6.61 Å². The van der Waals surface area contributed by atoms with E-state index in [-0.39, 0.29) is 5.92 Å². The van der Waals surface area contributed by atoms with Crippen molar-refractivity contribution in [3.63, 3.8) is 0 Å². The number of hydrogen-bond donors (Lipinski definition) is 1. The Morgan fingerprint density at radius 1 is 0.912 bits per heavy atom. The highest BCUT2D eigenvalue weighted by molar-refractivity contribution is 6.76. The third-order valence-electron chi connectivity index (χ3n) is 5.42. The molecule has 0 unspecified atom stereocenters. The Balaban J connectivity index is 1.91. The van der Waals surface area contributed by atoms with Gasteiger partial charge in [-0.05, 0) is 42.8 Å². The van der Waals surface area contributed by atoms with E-state index in [0.29, 0.717) is 19.6 Å². The van der Waals surface area contributed by atoms with E-state index in [4.69, 9.17) is 14.2 Å². The van der Waals surface area contributed by atoms with Crippen molar-refractivity contribution >= 4 is 20.0 Å². The van der Waals surface area contributed by atoms with Gasteiger partial charge in [-0.2, -0.15) is 0 Å². The lowest BCUT2D eigenvalue weighted by molar-refractivity contribution is -0.172. The first-order valence-electron chi connectivity index (χ1n) is 11.9. The van der Waals surface area contributed by atoms with E-state index in [1.54, 1.807) is 7.05 Å². The lowest BCUT2D eigenvalue weighted by atomic mass is 10.0. The van der Waals surface area contributed by atoms with Crippen molar-refractivity contribution in [2.45, 2.75) is 64.7 Å². The maximum atomic E-state index is 12.8. The number of esters is 2. The van der Waals surface area contributed by atoms with E-state index in [9.17, 15) is 9.59 Å². The molecule has 0 bridgehead atoms. The predicted octanol–water partition coefficient (Wildman–Crippen LogP) is 4.85. The van der Waals surface area contributed by atoms with Crippen LogP contribution in [0.15, 0.2) is 54.6 Å². The van der Waals surface area contributed by atoms with Crippen LogP contribution < -0.4 is 10.1 Å². The maximum Gasteiger partial charge on any atom is 0.347 e. The molecule has 0 saturated heterocycles. The molecule has 2 aromatic carbocycles. The smallest absolute Gasteiger partial charge is 0.347 e. The SMILES string of the molecule is CN[C@@H](Cc1ccc(OCc2ccccc2)cc1)C(=O)O[C@@H](C(=O)OCC[Si](C)(C)C)C(C)C. The summed E-state index contributed by atoms with van der Waals surface area (Å²) >= 11 is 0. The third kappa shape index (κ3) is 9.69. The molecule has 0 fully saturated rings. The fraction of sp³-hybridized carbons (Fsp3) is 0.481. The van der Waals surface area contributed by atoms with E-state index >= 15 is 0 Å². The molecular weight excluding hydrogens is 446 g/mol. The Hall–Kier alpha value is -2.64. The second-order valence-corrected chi connectivity index (χ2v) is 15.7. The first kappa shape index (κ1) is 27.6. The fourth-order valence-electron chi connectivity index (χ4n) is 3.21. The number of likely N-dealkylation sites (N-methyl/N-ethyl adjacent to an activating group) is 1. The number of carbonyl (C=O) groups is 2. The molecule has 0 aliphatic rings. The molecule has 186 valence electrons. The summed E-state index contributed by atoms with van der Waals surface area (Å²) in [6.45, 7) is 11.2. The van der Waals surface area contributed by atoms with Crippen LogP contribution in [-0.4, -0.2) is 45.8 Å². The molecular formula is C27H39NO5Si. The van der Waals surface area contributed by atoms with Crippen LogP contribution in [0.1, 0.15) is 25.0 Å². The summed E-state index contributed by atoms with van der Waals surface area (Å²) in [5.74, 6) is -0.358. The van der Waals surface area contributed by atoms with Crippen molar-refractivity contribution in [2.75, 3.05) is 13.7 Å². The number of nitrogens with one attached hydrogen (secondary N) is 1. The van der Waals surface area contributed by atoms with E-state index in [2.05, 4.69) is 25.0 Å². The largest absolute Gasteiger partial charge is 0.489 e. The van der Waals surface area contributed by atoms with E-state index < -0.39 is 32.2 Å². The highest BCUT2D eigenvalue weighted by Gasteiger charge is 2.31. The topological polar surface area (TPSA) is 73.9 Å². The average molecular weight is 486 g/mol. The molecule has 2 aromatic rings. The standard InChI is InChI=1S/C27H39NO5Si/c1-20(2)25(27(30)31-16-17-34(4,5)6)33-26(29)24(28-3)18-21-12-14-23(15-13-21)32-19-22-10-8-7-9-11-22/h7-15,20,24-25,28H,16-19H2,1-6H3/t24-,25+/m0/s1. The van der Waals surface area contributed by atoms with Gasteiger partial charge in [0.15, 0.2) is 0 Å². The van der Waals surface area contributed by atoms with Crippen molar-refractivity contribution in [1.82, 2.24) is 5.32 Å². The number of hydrogen-bond acceptors (Lipinski definition) is 6. The third-order valence-corrected chi connectivity index (χ3v) is 7.13. The van der Waals surface area contributed by atoms with Crippen LogP contribution in [0, 0.1) is 5.92 Å². The Bertz CT molecular complexity index is 893. The van der Waals surface area contributed by atoms with Gasteiger partial charge >= 0.3 is 11.9 Å². The van der Waals surface area contributed by atoms with Crippen molar-refractivity contribution in [2.24, 2.45) is 5.92 Å². The number of rotatable bonds is 13. The normalized spacial score (nSPS) is 13.3. The van der Waals surface area contributed by atoms with Crippen molar-refractivity contribution in [3.8, 4) is 5.75 Å². The summed E-state index contributed by atoms with van der Waals surface area (Å²) in [7, 11) is 0.392. The van der Waals surface area contributed by atoms with Crippen LogP contribution in [-0.2, 0) is 32.1 Å². The van der Waals surface area contributed by atoms with Gasteiger partial charge in [-0.15, -0.1) is 0 Å². The van der Waals surface area contributed by atoms with E-state index in [0.717, 1.165) is 22.9 Å². The highest BCUT2D eigenvalue weighted by atomic mass is 28.3. The summed E-state index contributed by atoms with van der Waals surface area (Å²) < 4.78 is 16.9. The molecule has 0 radical (unpaired) electrons. The van der Waals surface area contributed by atoms with Gasteiger partial charge in [0.25, 0.3) is 0 Å². The molecule has 0 heterocycles. The number of benzene rings is 2. The summed E-state index contributed by atoms with van der Waals surface area (Å²) in [6, 6.07) is 17.9. The molecule has 0 aliphatic carbocycles. The zero-order valence-corrected chi connectivity index (χ0v) is 22.3. The average Bonchev–Trinajstić information content (AvgIpc) is 2.79. The van der Waals surface area contributed by atoms with Crippen LogP contribution in [0.25, 0.3) is 0 Å². The van der Waals surface area contributed by atoms with Crippen LogP contribution in [0.5, 0.6) is 5.75 Å². The van der Waals surface area contributed by atoms with Crippen LogP contribution >= 0.6 is 0 Å². The van der Waals surface area contributed by atoms with Crippen molar-refractivity contribution in [3.05, 3.63) is 65.7 Å². The zero-order chi connectivity index (χ0) is 25.1. The minimum absolute atomic E-state index is 0.179. The van der Waals surface area contributed by atoms with Gasteiger partial charge in [-0.1, -0.05) is 76.0 Å². The summed E-state index contributed by atoms with van der Waals surface area (Å²) in [6.07, 6.45) is -0.484. The molecule has 6 nitrogen and oxygen atoms in total. The summed E-state index contributed by atoms with van der Waals surface area (Å²) in [4.78, 5) is 25.4. The summed E-state index contributed by atoms with van der Waals surface area (Å²) in [5.41, 5.74) is 2.06. The Labute approximate surface area is 205 Å². The molecule has 0 amide bonds. The van der Waals surface area contributed by atoms with E-state index in [1.807, 2.05) is 68.4 Å². The molecule has 34 heavy (non-hydrogen) atoms. The minimum atomic E-state index is -1.32. The number of carbonyl (C=O) groups excluding carboxylic acids is 2. The Kier molecular flexibility index (Phi) is 10.8. The monoisotopic (exact) mass is 485 g/mol. The van der Waals surface area contributed by atoms with Crippen molar-refractivity contribution < 1.29 is 23.8 Å². The minimum Gasteiger partial charge on any atom is -0.489 e. The molecule has 1 N–H and O–H groups in total. The van der Waals surface area contributed by atoms with Crippen LogP contribution in [0.2, 0.25) is 25.7 Å². The zero-order valence-electron chi connectivity index (χ0n) is 21.3. The quantitative estimate of drug-likeness (QED) is 0.323. The first-order chi connectivity index (χ1) is 16.1. The number of ether oxygens (including phenoxy) is 3. The Morgan fingerprint density at radius 2 is 1.56 bits per heavy atom.